The van der Waals surface area contributed by atoms with Crippen molar-refractivity contribution in [1.29, 1.82) is 0 Å². The zero-order chi connectivity index (χ0) is 27.1. The van der Waals surface area contributed by atoms with Gasteiger partial charge in [0.25, 0.3) is 0 Å². The Morgan fingerprint density at radius 1 is 0.763 bits per heavy atom. The highest BCUT2D eigenvalue weighted by atomic mass is 35.5. The molecule has 0 radical (unpaired) electrons. The Labute approximate surface area is 232 Å². The van der Waals surface area contributed by atoms with Gasteiger partial charge in [-0.1, -0.05) is 80.6 Å². The van der Waals surface area contributed by atoms with E-state index in [2.05, 4.69) is 5.32 Å². The first-order valence-electron chi connectivity index (χ1n) is 12.9. The van der Waals surface area contributed by atoms with Crippen LogP contribution in [0, 0.1) is 31.6 Å². The number of nitrogens with one attached hydrogen (secondary N) is 1. The van der Waals surface area contributed by atoms with Gasteiger partial charge < -0.3 is 5.32 Å². The molecular formula is C31H28Cl2N2O3. The molecule has 1 N–H and O–H groups in total. The van der Waals surface area contributed by atoms with Crippen molar-refractivity contribution < 1.29 is 14.4 Å². The lowest BCUT2D eigenvalue weighted by atomic mass is 9.54. The number of halogens is 2. The van der Waals surface area contributed by atoms with E-state index >= 15 is 0 Å². The summed E-state index contributed by atoms with van der Waals surface area (Å²) in [7, 11) is 0. The van der Waals surface area contributed by atoms with Gasteiger partial charge in [0, 0.05) is 5.69 Å². The molecule has 3 aromatic carbocycles. The Hall–Kier alpha value is -3.15. The summed E-state index contributed by atoms with van der Waals surface area (Å²) in [5.74, 6) is -3.54. The lowest BCUT2D eigenvalue weighted by Crippen LogP contribution is -2.57. The number of carbonyl (C=O) groups excluding carboxylic acids is 3. The van der Waals surface area contributed by atoms with Gasteiger partial charge >= 0.3 is 0 Å². The number of likely N-dealkylation sites (tertiary alicyclic amines) is 1. The molecule has 0 unspecified atom stereocenters. The molecular weight excluding hydrogens is 519 g/mol. The molecule has 194 valence electrons. The number of nitrogens with zero attached hydrogens (tertiary/aromatic N) is 1. The van der Waals surface area contributed by atoms with Crippen molar-refractivity contribution in [2.75, 3.05) is 5.32 Å². The van der Waals surface area contributed by atoms with Gasteiger partial charge in [0.15, 0.2) is 0 Å². The number of carbonyl (C=O) groups is 3. The molecule has 1 heterocycles. The summed E-state index contributed by atoms with van der Waals surface area (Å²) in [5, 5.41) is 3.00. The largest absolute Gasteiger partial charge is 0.324 e. The van der Waals surface area contributed by atoms with Crippen LogP contribution in [0.3, 0.4) is 0 Å². The van der Waals surface area contributed by atoms with E-state index in [0.29, 0.717) is 5.69 Å². The number of rotatable bonds is 4. The van der Waals surface area contributed by atoms with Crippen molar-refractivity contribution in [2.24, 2.45) is 17.8 Å². The van der Waals surface area contributed by atoms with E-state index in [-0.39, 0.29) is 5.92 Å². The molecule has 7 heteroatoms. The van der Waals surface area contributed by atoms with Crippen molar-refractivity contribution in [2.45, 2.75) is 43.5 Å². The molecule has 0 spiro atoms. The summed E-state index contributed by atoms with van der Waals surface area (Å²) in [6, 6.07) is 19.8. The third kappa shape index (κ3) is 3.03. The quantitative estimate of drug-likeness (QED) is 0.329. The Kier molecular flexibility index (Phi) is 5.57. The zero-order valence-electron chi connectivity index (χ0n) is 21.6. The number of alkyl halides is 2. The van der Waals surface area contributed by atoms with Crippen molar-refractivity contribution in [1.82, 2.24) is 4.90 Å². The van der Waals surface area contributed by atoms with E-state index in [0.717, 1.165) is 38.3 Å². The molecule has 3 aliphatic carbocycles. The van der Waals surface area contributed by atoms with Crippen LogP contribution in [0.15, 0.2) is 66.7 Å². The van der Waals surface area contributed by atoms with Crippen LogP contribution in [0.5, 0.6) is 0 Å². The summed E-state index contributed by atoms with van der Waals surface area (Å²) in [4.78, 5) is 41.0. The van der Waals surface area contributed by atoms with Crippen molar-refractivity contribution in [3.63, 3.8) is 0 Å². The number of para-hydroxylation sites is 1. The highest BCUT2D eigenvalue weighted by Gasteiger charge is 2.73. The summed E-state index contributed by atoms with van der Waals surface area (Å²) in [5.41, 5.74) is 5.43. The minimum absolute atomic E-state index is 0.340. The number of aryl methyl sites for hydroxylation is 2. The zero-order valence-corrected chi connectivity index (χ0v) is 23.1. The molecule has 7 rings (SSSR count). The molecule has 0 aromatic heterocycles. The number of hydrogen-bond donors (Lipinski definition) is 1. The topological polar surface area (TPSA) is 66.5 Å². The Morgan fingerprint density at radius 3 is 1.53 bits per heavy atom. The van der Waals surface area contributed by atoms with Crippen LogP contribution in [-0.4, -0.2) is 28.7 Å². The van der Waals surface area contributed by atoms with E-state index in [4.69, 9.17) is 23.2 Å². The lowest BCUT2D eigenvalue weighted by molar-refractivity contribution is -0.148. The molecule has 2 bridgehead atoms. The third-order valence-electron chi connectivity index (χ3n) is 8.53. The Morgan fingerprint density at radius 2 is 1.16 bits per heavy atom. The number of benzene rings is 3. The molecule has 0 saturated carbocycles. The van der Waals surface area contributed by atoms with Crippen LogP contribution < -0.4 is 5.32 Å². The first-order chi connectivity index (χ1) is 18.0. The van der Waals surface area contributed by atoms with Crippen LogP contribution >= 0.6 is 23.2 Å². The maximum atomic E-state index is 14.3. The highest BCUT2D eigenvalue weighted by Crippen LogP contribution is 2.69. The Balaban J connectivity index is 1.49. The van der Waals surface area contributed by atoms with Gasteiger partial charge in [-0.05, 0) is 53.1 Å². The smallest absolute Gasteiger partial charge is 0.247 e. The minimum atomic E-state index is -1.28. The third-order valence-corrected chi connectivity index (χ3v) is 9.81. The summed E-state index contributed by atoms with van der Waals surface area (Å²) in [6.45, 7) is 7.49. The van der Waals surface area contributed by atoms with Gasteiger partial charge in [-0.15, -0.1) is 23.2 Å². The number of anilines is 1. The Bertz CT molecular complexity index is 1390. The summed E-state index contributed by atoms with van der Waals surface area (Å²) >= 11 is 15.0. The van der Waals surface area contributed by atoms with Gasteiger partial charge in [-0.25, -0.2) is 0 Å². The normalized spacial score (nSPS) is 27.7. The molecule has 3 amide bonds. The van der Waals surface area contributed by atoms with Crippen LogP contribution in [0.25, 0.3) is 0 Å². The van der Waals surface area contributed by atoms with Gasteiger partial charge in [-0.3, -0.25) is 19.3 Å². The van der Waals surface area contributed by atoms with Gasteiger partial charge in [0.05, 0.1) is 11.8 Å². The van der Waals surface area contributed by atoms with E-state index in [1.807, 2.05) is 94.4 Å². The number of hydrogen-bond acceptors (Lipinski definition) is 3. The average Bonchev–Trinajstić information content (AvgIpc) is 3.16. The molecule has 5 nitrogen and oxygen atoms in total. The van der Waals surface area contributed by atoms with E-state index in [1.54, 1.807) is 0 Å². The molecule has 1 fully saturated rings. The van der Waals surface area contributed by atoms with Crippen LogP contribution in [0.4, 0.5) is 5.69 Å². The minimum Gasteiger partial charge on any atom is -0.324 e. The van der Waals surface area contributed by atoms with E-state index < -0.39 is 45.3 Å². The molecule has 3 atom stereocenters. The number of amides is 3. The molecule has 1 saturated heterocycles. The first-order valence-corrected chi connectivity index (χ1v) is 13.6. The number of imide groups is 1. The highest BCUT2D eigenvalue weighted by molar-refractivity contribution is 6.36. The van der Waals surface area contributed by atoms with E-state index in [1.165, 1.54) is 0 Å². The maximum absolute atomic E-state index is 14.3. The van der Waals surface area contributed by atoms with Crippen LogP contribution in [-0.2, 0) is 24.1 Å². The fourth-order valence-electron chi connectivity index (χ4n) is 6.89. The van der Waals surface area contributed by atoms with Crippen LogP contribution in [0.2, 0.25) is 0 Å². The van der Waals surface area contributed by atoms with Crippen LogP contribution in [0.1, 0.15) is 47.2 Å². The molecule has 38 heavy (non-hydrogen) atoms. The fraction of sp³-hybridized carbons (Fsp3) is 0.323. The monoisotopic (exact) mass is 546 g/mol. The summed E-state index contributed by atoms with van der Waals surface area (Å²) < 4.78 is 0. The fourth-order valence-corrected chi connectivity index (χ4v) is 7.99. The summed E-state index contributed by atoms with van der Waals surface area (Å²) in [6.07, 6.45) is 0. The molecule has 1 aliphatic heterocycles. The average molecular weight is 547 g/mol. The van der Waals surface area contributed by atoms with Gasteiger partial charge in [0.2, 0.25) is 17.7 Å². The predicted molar refractivity (Wildman–Crippen MR) is 148 cm³/mol. The second-order valence-corrected chi connectivity index (χ2v) is 12.2. The predicted octanol–water partition coefficient (Wildman–Crippen LogP) is 5.86. The maximum Gasteiger partial charge on any atom is 0.247 e. The molecule has 4 aliphatic rings. The SMILES string of the molecule is Cc1cccc(C)c1NC(=O)[C@H](C(C)C)N1C(=O)[C@@H]2[C@@H](C1=O)C1(Cl)c3ccccc3C2(Cl)c2ccccc21. The van der Waals surface area contributed by atoms with Crippen molar-refractivity contribution >= 4 is 46.6 Å². The van der Waals surface area contributed by atoms with Crippen molar-refractivity contribution in [3.05, 3.63) is 100 Å². The second-order valence-electron chi connectivity index (χ2n) is 11.0. The first kappa shape index (κ1) is 25.1. The molecule has 3 aromatic rings. The van der Waals surface area contributed by atoms with Gasteiger partial charge in [0.1, 0.15) is 15.8 Å². The van der Waals surface area contributed by atoms with Crippen molar-refractivity contribution in [3.8, 4) is 0 Å². The van der Waals surface area contributed by atoms with Gasteiger partial charge in [-0.2, -0.15) is 0 Å². The standard InChI is InChI=1S/C31H28Cl2N2O3/c1-16(2)26(27(36)34-25-17(3)10-9-11-18(25)4)35-28(37)23-24(29(35)38)31(33)20-13-6-5-12-19(20)30(23,32)21-14-7-8-15-22(21)31/h5-16,23-24,26H,1-4H3,(H,34,36)/t23-,24-,26-,30?,31?/m0/s1. The van der Waals surface area contributed by atoms with E-state index in [9.17, 15) is 14.4 Å². The lowest BCUT2D eigenvalue weighted by Gasteiger charge is -2.54. The second kappa shape index (κ2) is 8.42.